The smallest absolute Gasteiger partial charge is 0.293 e. The average Bonchev–Trinajstić information content (AvgIpc) is 2.15. The van der Waals surface area contributed by atoms with Crippen molar-refractivity contribution in [1.29, 1.82) is 0 Å². The van der Waals surface area contributed by atoms with E-state index < -0.39 is 10.2 Å². The van der Waals surface area contributed by atoms with Crippen LogP contribution in [0.2, 0.25) is 0 Å². The minimum atomic E-state index is -3.76. The lowest BCUT2D eigenvalue weighted by Gasteiger charge is -2.03. The molecule has 0 saturated heterocycles. The van der Waals surface area contributed by atoms with Crippen LogP contribution in [0.4, 0.5) is 5.69 Å². The Labute approximate surface area is 96.0 Å². The van der Waals surface area contributed by atoms with E-state index in [-0.39, 0.29) is 11.1 Å². The van der Waals surface area contributed by atoms with Crippen molar-refractivity contribution in [2.45, 2.75) is 0 Å². The molecule has 82 valence electrons. The molecule has 1 rings (SSSR count). The van der Waals surface area contributed by atoms with Crippen molar-refractivity contribution >= 4 is 37.6 Å². The maximum Gasteiger partial charge on any atom is 0.296 e. The van der Waals surface area contributed by atoms with E-state index in [0.29, 0.717) is 11.3 Å². The number of hydrogen-bond donors (Lipinski definition) is 2. The number of carbonyl (C=O) groups is 1. The van der Waals surface area contributed by atoms with Crippen molar-refractivity contribution in [3.63, 3.8) is 0 Å². The number of anilines is 1. The summed E-state index contributed by atoms with van der Waals surface area (Å²) in [7, 11) is -3.76. The summed E-state index contributed by atoms with van der Waals surface area (Å²) in [6.45, 7) is 0. The first kappa shape index (κ1) is 12.2. The van der Waals surface area contributed by atoms with Gasteiger partial charge in [0.25, 0.3) is 10.2 Å². The number of halogens is 1. The number of ketones is 1. The summed E-state index contributed by atoms with van der Waals surface area (Å²) >= 11 is 3.04. The van der Waals surface area contributed by atoms with E-state index in [1.165, 1.54) is 24.3 Å². The average molecular weight is 293 g/mol. The van der Waals surface area contributed by atoms with Gasteiger partial charge in [0.1, 0.15) is 0 Å². The van der Waals surface area contributed by atoms with Crippen LogP contribution in [0.5, 0.6) is 0 Å². The number of Topliss-reactive ketones (excluding diaryl/α,β-unsaturated/α-hetero) is 1. The molecule has 0 unspecified atom stereocenters. The molecule has 0 amide bonds. The van der Waals surface area contributed by atoms with Crippen LogP contribution in [0.25, 0.3) is 0 Å². The monoisotopic (exact) mass is 292 g/mol. The summed E-state index contributed by atoms with van der Waals surface area (Å²) in [6, 6.07) is 5.99. The molecular weight excluding hydrogens is 284 g/mol. The van der Waals surface area contributed by atoms with Gasteiger partial charge in [-0.2, -0.15) is 8.42 Å². The van der Waals surface area contributed by atoms with Crippen LogP contribution in [0.15, 0.2) is 24.3 Å². The molecule has 0 atom stereocenters. The van der Waals surface area contributed by atoms with E-state index >= 15 is 0 Å². The molecule has 0 aliphatic carbocycles. The molecule has 0 bridgehead atoms. The molecule has 5 nitrogen and oxygen atoms in total. The highest BCUT2D eigenvalue weighted by Gasteiger charge is 2.05. The first-order valence-corrected chi connectivity index (χ1v) is 6.59. The Morgan fingerprint density at radius 3 is 2.27 bits per heavy atom. The summed E-state index contributed by atoms with van der Waals surface area (Å²) < 4.78 is 23.4. The zero-order chi connectivity index (χ0) is 11.5. The number of carbonyl (C=O) groups excluding carboxylic acids is 1. The topological polar surface area (TPSA) is 89.3 Å². The molecule has 0 heterocycles. The molecule has 0 saturated carbocycles. The summed E-state index contributed by atoms with van der Waals surface area (Å²) in [5, 5.41) is 5.01. The third-order valence-corrected chi connectivity index (χ3v) is 2.62. The van der Waals surface area contributed by atoms with Gasteiger partial charge in [0, 0.05) is 11.3 Å². The highest BCUT2D eigenvalue weighted by molar-refractivity contribution is 9.09. The zero-order valence-electron chi connectivity index (χ0n) is 7.60. The van der Waals surface area contributed by atoms with Crippen molar-refractivity contribution < 1.29 is 13.2 Å². The molecule has 0 aliphatic heterocycles. The van der Waals surface area contributed by atoms with Crippen molar-refractivity contribution in [1.82, 2.24) is 0 Å². The minimum Gasteiger partial charge on any atom is -0.293 e. The molecule has 1 aromatic rings. The predicted molar refractivity (Wildman–Crippen MR) is 61.3 cm³/mol. The fraction of sp³-hybridized carbons (Fsp3) is 0.125. The van der Waals surface area contributed by atoms with Gasteiger partial charge in [-0.3, -0.25) is 9.52 Å². The molecule has 0 spiro atoms. The molecule has 7 heteroatoms. The maximum atomic E-state index is 11.2. The first-order chi connectivity index (χ1) is 6.92. The second kappa shape index (κ2) is 4.73. The normalized spacial score (nSPS) is 11.1. The lowest BCUT2D eigenvalue weighted by Crippen LogP contribution is -2.21. The summed E-state index contributed by atoms with van der Waals surface area (Å²) in [4.78, 5) is 11.2. The van der Waals surface area contributed by atoms with E-state index in [0.717, 1.165) is 0 Å². The van der Waals surface area contributed by atoms with Crippen molar-refractivity contribution in [3.8, 4) is 0 Å². The van der Waals surface area contributed by atoms with Gasteiger partial charge < -0.3 is 0 Å². The van der Waals surface area contributed by atoms with Gasteiger partial charge in [-0.15, -0.1) is 0 Å². The Morgan fingerprint density at radius 1 is 1.33 bits per heavy atom. The van der Waals surface area contributed by atoms with Crippen LogP contribution < -0.4 is 9.86 Å². The minimum absolute atomic E-state index is 0.0721. The summed E-state index contributed by atoms with van der Waals surface area (Å²) in [5.74, 6) is -0.0721. The van der Waals surface area contributed by atoms with Crippen molar-refractivity contribution in [2.75, 3.05) is 10.1 Å². The third kappa shape index (κ3) is 3.98. The number of nitrogens with one attached hydrogen (secondary N) is 1. The Hall–Kier alpha value is -0.920. The Morgan fingerprint density at radius 2 is 1.87 bits per heavy atom. The van der Waals surface area contributed by atoms with E-state index in [2.05, 4.69) is 20.7 Å². The van der Waals surface area contributed by atoms with Gasteiger partial charge in [-0.25, -0.2) is 5.14 Å². The molecule has 0 aliphatic rings. The van der Waals surface area contributed by atoms with E-state index in [4.69, 9.17) is 5.14 Å². The highest BCUT2D eigenvalue weighted by Crippen LogP contribution is 2.11. The second-order valence-corrected chi connectivity index (χ2v) is 4.64. The van der Waals surface area contributed by atoms with Gasteiger partial charge in [0.15, 0.2) is 5.78 Å². The quantitative estimate of drug-likeness (QED) is 0.638. The van der Waals surface area contributed by atoms with Gasteiger partial charge in [0.2, 0.25) is 0 Å². The van der Waals surface area contributed by atoms with Gasteiger partial charge in [-0.1, -0.05) is 15.9 Å². The van der Waals surface area contributed by atoms with Crippen LogP contribution in [0.1, 0.15) is 10.4 Å². The molecule has 1 aromatic carbocycles. The van der Waals surface area contributed by atoms with E-state index in [1.807, 2.05) is 0 Å². The van der Waals surface area contributed by atoms with Crippen molar-refractivity contribution in [2.24, 2.45) is 5.14 Å². The molecule has 0 aromatic heterocycles. The summed E-state index contributed by atoms with van der Waals surface area (Å²) in [6.07, 6.45) is 0. The standard InChI is InChI=1S/C8H9BrN2O3S/c9-5-8(12)6-1-3-7(4-2-6)11-15(10,13)14/h1-4,11H,5H2,(H2,10,13,14). The number of nitrogens with two attached hydrogens (primary N) is 1. The van der Waals surface area contributed by atoms with E-state index in [1.54, 1.807) is 0 Å². The lowest BCUT2D eigenvalue weighted by atomic mass is 10.1. The van der Waals surface area contributed by atoms with Crippen LogP contribution in [0.3, 0.4) is 0 Å². The van der Waals surface area contributed by atoms with Crippen LogP contribution >= 0.6 is 15.9 Å². The van der Waals surface area contributed by atoms with E-state index in [9.17, 15) is 13.2 Å². The fourth-order valence-corrected chi connectivity index (χ4v) is 1.75. The number of alkyl halides is 1. The molecular formula is C8H9BrN2O3S. The number of hydrogen-bond acceptors (Lipinski definition) is 3. The highest BCUT2D eigenvalue weighted by atomic mass is 79.9. The van der Waals surface area contributed by atoms with Crippen LogP contribution in [0, 0.1) is 0 Å². The predicted octanol–water partition coefficient (Wildman–Crippen LogP) is 0.880. The molecule has 15 heavy (non-hydrogen) atoms. The third-order valence-electron chi connectivity index (χ3n) is 1.59. The maximum absolute atomic E-state index is 11.2. The Kier molecular flexibility index (Phi) is 3.83. The molecule has 0 radical (unpaired) electrons. The number of rotatable bonds is 4. The number of benzene rings is 1. The summed E-state index contributed by atoms with van der Waals surface area (Å²) in [5.41, 5.74) is 0.829. The Balaban J connectivity index is 2.86. The van der Waals surface area contributed by atoms with Gasteiger partial charge >= 0.3 is 0 Å². The SMILES string of the molecule is NS(=O)(=O)Nc1ccc(C(=O)CBr)cc1. The second-order valence-electron chi connectivity index (χ2n) is 2.78. The van der Waals surface area contributed by atoms with Crippen LogP contribution in [-0.4, -0.2) is 19.5 Å². The Bertz CT molecular complexity index is 455. The van der Waals surface area contributed by atoms with Gasteiger partial charge in [-0.05, 0) is 24.3 Å². The zero-order valence-corrected chi connectivity index (χ0v) is 10.0. The van der Waals surface area contributed by atoms with Gasteiger partial charge in [0.05, 0.1) is 5.33 Å². The van der Waals surface area contributed by atoms with Crippen LogP contribution in [-0.2, 0) is 10.2 Å². The lowest BCUT2D eigenvalue weighted by molar-refractivity contribution is 0.102. The molecule has 3 N–H and O–H groups in total. The molecule has 0 fully saturated rings. The largest absolute Gasteiger partial charge is 0.296 e. The van der Waals surface area contributed by atoms with Crippen molar-refractivity contribution in [3.05, 3.63) is 29.8 Å². The fourth-order valence-electron chi connectivity index (χ4n) is 0.966. The first-order valence-electron chi connectivity index (χ1n) is 3.92.